The fourth-order valence-electron chi connectivity index (χ4n) is 6.36. The van der Waals surface area contributed by atoms with E-state index in [4.69, 9.17) is 0 Å². The van der Waals surface area contributed by atoms with E-state index in [1.54, 1.807) is 12.1 Å². The Hall–Kier alpha value is -1.47. The normalized spacial score (nSPS) is 37.1. The van der Waals surface area contributed by atoms with Crippen LogP contribution in [0.15, 0.2) is 23.1 Å². The van der Waals surface area contributed by atoms with Crippen LogP contribution < -0.4 is 10.0 Å². The SMILES string of the molecule is O=C1NC(CF)Cc2ccc(S(=O)(=O)NC34CC5CC(CC(C5)C3)C4)cc21. The summed E-state index contributed by atoms with van der Waals surface area (Å²) in [6, 6.07) is 4.13. The number of benzene rings is 1. The second kappa shape index (κ2) is 6.01. The van der Waals surface area contributed by atoms with Gasteiger partial charge in [-0.1, -0.05) is 6.07 Å². The highest BCUT2D eigenvalue weighted by Gasteiger charge is 2.52. The van der Waals surface area contributed by atoms with Crippen molar-refractivity contribution in [2.45, 2.75) is 61.4 Å². The molecule has 1 heterocycles. The van der Waals surface area contributed by atoms with E-state index < -0.39 is 28.6 Å². The highest BCUT2D eigenvalue weighted by atomic mass is 32.2. The Morgan fingerprint density at radius 2 is 1.74 bits per heavy atom. The molecule has 2 N–H and O–H groups in total. The molecule has 1 aromatic carbocycles. The fourth-order valence-corrected chi connectivity index (χ4v) is 7.82. The molecule has 0 radical (unpaired) electrons. The molecule has 27 heavy (non-hydrogen) atoms. The lowest BCUT2D eigenvalue weighted by Gasteiger charge is -2.56. The molecular formula is C20H25FN2O3S. The number of halogens is 1. The zero-order chi connectivity index (χ0) is 18.8. The number of alkyl halides is 1. The monoisotopic (exact) mass is 392 g/mol. The van der Waals surface area contributed by atoms with Crippen LogP contribution in [0.2, 0.25) is 0 Å². The first-order valence-electron chi connectivity index (χ1n) is 9.89. The van der Waals surface area contributed by atoms with Gasteiger partial charge in [0.2, 0.25) is 10.0 Å². The minimum Gasteiger partial charge on any atom is -0.346 e. The number of carbonyl (C=O) groups excluding carboxylic acids is 1. The number of hydrogen-bond donors (Lipinski definition) is 2. The zero-order valence-electron chi connectivity index (χ0n) is 15.2. The lowest BCUT2D eigenvalue weighted by atomic mass is 9.53. The topological polar surface area (TPSA) is 75.3 Å². The summed E-state index contributed by atoms with van der Waals surface area (Å²) < 4.78 is 42.2. The predicted octanol–water partition coefficient (Wildman–Crippen LogP) is 2.56. The lowest BCUT2D eigenvalue weighted by Crippen LogP contribution is -2.59. The quantitative estimate of drug-likeness (QED) is 0.827. The van der Waals surface area contributed by atoms with Crippen LogP contribution in [0, 0.1) is 17.8 Å². The molecule has 1 amide bonds. The van der Waals surface area contributed by atoms with Gasteiger partial charge in [0.05, 0.1) is 10.9 Å². The average molecular weight is 392 g/mol. The van der Waals surface area contributed by atoms with E-state index in [2.05, 4.69) is 10.0 Å². The van der Waals surface area contributed by atoms with Crippen molar-refractivity contribution in [1.29, 1.82) is 0 Å². The predicted molar refractivity (Wildman–Crippen MR) is 98.6 cm³/mol. The minimum absolute atomic E-state index is 0.130. The molecule has 1 unspecified atom stereocenters. The Bertz CT molecular complexity index is 863. The molecule has 4 fully saturated rings. The Kier molecular flexibility index (Phi) is 3.92. The Morgan fingerprint density at radius 1 is 1.11 bits per heavy atom. The molecule has 4 bridgehead atoms. The molecule has 146 valence electrons. The Morgan fingerprint density at radius 3 is 2.33 bits per heavy atom. The molecule has 6 rings (SSSR count). The van der Waals surface area contributed by atoms with Crippen molar-refractivity contribution in [3.8, 4) is 0 Å². The second-order valence-electron chi connectivity index (χ2n) is 9.15. The highest BCUT2D eigenvalue weighted by Crippen LogP contribution is 2.56. The van der Waals surface area contributed by atoms with E-state index in [9.17, 15) is 17.6 Å². The number of rotatable bonds is 4. The van der Waals surface area contributed by atoms with Crippen LogP contribution in [-0.4, -0.2) is 32.6 Å². The molecule has 0 saturated heterocycles. The number of carbonyl (C=O) groups is 1. The third-order valence-corrected chi connectivity index (χ3v) is 8.59. The van der Waals surface area contributed by atoms with Crippen molar-refractivity contribution >= 4 is 15.9 Å². The van der Waals surface area contributed by atoms with Crippen molar-refractivity contribution < 1.29 is 17.6 Å². The maximum Gasteiger partial charge on any atom is 0.251 e. The highest BCUT2D eigenvalue weighted by molar-refractivity contribution is 7.89. The summed E-state index contributed by atoms with van der Waals surface area (Å²) in [6.45, 7) is -0.626. The molecule has 4 aliphatic carbocycles. The van der Waals surface area contributed by atoms with Gasteiger partial charge in [-0.05, 0) is 80.4 Å². The van der Waals surface area contributed by atoms with E-state index in [-0.39, 0.29) is 10.4 Å². The molecule has 5 nitrogen and oxygen atoms in total. The fraction of sp³-hybridized carbons (Fsp3) is 0.650. The van der Waals surface area contributed by atoms with Crippen molar-refractivity contribution in [2.75, 3.05) is 6.67 Å². The summed E-state index contributed by atoms with van der Waals surface area (Å²) in [5.74, 6) is 1.54. The summed E-state index contributed by atoms with van der Waals surface area (Å²) in [7, 11) is -3.70. The molecule has 1 aromatic rings. The first-order valence-corrected chi connectivity index (χ1v) is 11.4. The van der Waals surface area contributed by atoms with Gasteiger partial charge in [0.15, 0.2) is 0 Å². The van der Waals surface area contributed by atoms with E-state index >= 15 is 0 Å². The van der Waals surface area contributed by atoms with Crippen LogP contribution in [0.4, 0.5) is 4.39 Å². The smallest absolute Gasteiger partial charge is 0.251 e. The molecule has 1 aliphatic heterocycles. The second-order valence-corrected chi connectivity index (χ2v) is 10.8. The molecule has 4 saturated carbocycles. The third kappa shape index (κ3) is 2.99. The van der Waals surface area contributed by atoms with Gasteiger partial charge in [-0.25, -0.2) is 17.5 Å². The van der Waals surface area contributed by atoms with E-state index in [0.29, 0.717) is 35.3 Å². The van der Waals surface area contributed by atoms with Crippen LogP contribution in [0.25, 0.3) is 0 Å². The third-order valence-electron chi connectivity index (χ3n) is 7.01. The number of nitrogens with one attached hydrogen (secondary N) is 2. The van der Waals surface area contributed by atoms with Gasteiger partial charge in [0.1, 0.15) is 6.67 Å². The number of sulfonamides is 1. The Labute approximate surface area is 159 Å². The summed E-state index contributed by atoms with van der Waals surface area (Å²) in [4.78, 5) is 12.4. The minimum atomic E-state index is -3.70. The van der Waals surface area contributed by atoms with Crippen LogP contribution in [0.5, 0.6) is 0 Å². The largest absolute Gasteiger partial charge is 0.346 e. The summed E-state index contributed by atoms with van der Waals surface area (Å²) in [6.07, 6.45) is 6.92. The zero-order valence-corrected chi connectivity index (χ0v) is 16.0. The molecule has 0 aromatic heterocycles. The van der Waals surface area contributed by atoms with Gasteiger partial charge < -0.3 is 5.32 Å². The van der Waals surface area contributed by atoms with Crippen molar-refractivity contribution in [3.63, 3.8) is 0 Å². The van der Waals surface area contributed by atoms with Crippen molar-refractivity contribution in [2.24, 2.45) is 17.8 Å². The van der Waals surface area contributed by atoms with Crippen LogP contribution in [0.1, 0.15) is 54.4 Å². The first kappa shape index (κ1) is 17.6. The van der Waals surface area contributed by atoms with E-state index in [0.717, 1.165) is 19.3 Å². The van der Waals surface area contributed by atoms with Crippen molar-refractivity contribution in [1.82, 2.24) is 10.0 Å². The van der Waals surface area contributed by atoms with Crippen LogP contribution >= 0.6 is 0 Å². The van der Waals surface area contributed by atoms with E-state index in [1.165, 1.54) is 25.3 Å². The van der Waals surface area contributed by atoms with Gasteiger partial charge in [-0.3, -0.25) is 4.79 Å². The standard InChI is InChI=1S/C20H25FN2O3S/c21-11-16-6-15-1-2-17(7-18(15)19(24)22-16)27(25,26)23-20-8-12-3-13(9-20)5-14(4-12)10-20/h1-2,7,12-14,16,23H,3-6,8-11H2,(H,22,24). The molecule has 5 aliphatic rings. The van der Waals surface area contributed by atoms with Crippen molar-refractivity contribution in [3.05, 3.63) is 29.3 Å². The average Bonchev–Trinajstić information content (AvgIpc) is 2.59. The summed E-state index contributed by atoms with van der Waals surface area (Å²) in [5.41, 5.74) is 0.730. The molecule has 0 spiro atoms. The van der Waals surface area contributed by atoms with Gasteiger partial charge in [-0.15, -0.1) is 0 Å². The summed E-state index contributed by atoms with van der Waals surface area (Å²) in [5, 5.41) is 2.60. The summed E-state index contributed by atoms with van der Waals surface area (Å²) >= 11 is 0. The van der Waals surface area contributed by atoms with Gasteiger partial charge in [0, 0.05) is 11.1 Å². The first-order chi connectivity index (χ1) is 12.9. The van der Waals surface area contributed by atoms with Gasteiger partial charge in [-0.2, -0.15) is 0 Å². The van der Waals surface area contributed by atoms with Gasteiger partial charge in [0.25, 0.3) is 5.91 Å². The number of hydrogen-bond acceptors (Lipinski definition) is 3. The molecule has 7 heteroatoms. The maximum atomic E-state index is 13.1. The van der Waals surface area contributed by atoms with Crippen LogP contribution in [-0.2, 0) is 16.4 Å². The number of amides is 1. The lowest BCUT2D eigenvalue weighted by molar-refractivity contribution is -0.00810. The molecular weight excluding hydrogens is 367 g/mol. The van der Waals surface area contributed by atoms with Crippen LogP contribution in [0.3, 0.4) is 0 Å². The van der Waals surface area contributed by atoms with E-state index in [1.807, 2.05) is 0 Å². The molecule has 1 atom stereocenters. The maximum absolute atomic E-state index is 13.1. The number of fused-ring (bicyclic) bond motifs is 1. The Balaban J connectivity index is 1.43. The van der Waals surface area contributed by atoms with Gasteiger partial charge >= 0.3 is 0 Å².